The van der Waals surface area contributed by atoms with Crippen molar-refractivity contribution in [2.24, 2.45) is 0 Å². The molecule has 1 fully saturated rings. The first kappa shape index (κ1) is 17.1. The molecule has 0 radical (unpaired) electrons. The van der Waals surface area contributed by atoms with Gasteiger partial charge in [-0.15, -0.1) is 0 Å². The number of sulfonamides is 1. The van der Waals surface area contributed by atoms with E-state index in [9.17, 15) is 8.42 Å². The van der Waals surface area contributed by atoms with Gasteiger partial charge < -0.3 is 4.74 Å². The van der Waals surface area contributed by atoms with Gasteiger partial charge in [0.25, 0.3) is 0 Å². The van der Waals surface area contributed by atoms with Gasteiger partial charge in [-0.2, -0.15) is 4.31 Å². The van der Waals surface area contributed by atoms with Crippen molar-refractivity contribution in [3.05, 3.63) is 65.7 Å². The van der Waals surface area contributed by atoms with Crippen LogP contribution in [0.5, 0.6) is 0 Å². The summed E-state index contributed by atoms with van der Waals surface area (Å²) in [6.45, 7) is 4.60. The number of rotatable bonds is 4. The average Bonchev–Trinajstić information content (AvgIpc) is 2.57. The molecule has 1 heterocycles. The molecule has 0 amide bonds. The maximum absolute atomic E-state index is 13.0. The average molecular weight is 345 g/mol. The summed E-state index contributed by atoms with van der Waals surface area (Å²) in [4.78, 5) is 0.356. The highest BCUT2D eigenvalue weighted by Crippen LogP contribution is 2.24. The van der Waals surface area contributed by atoms with Crippen molar-refractivity contribution in [2.75, 3.05) is 13.2 Å². The highest BCUT2D eigenvalue weighted by molar-refractivity contribution is 7.89. The highest BCUT2D eigenvalue weighted by Gasteiger charge is 2.35. The van der Waals surface area contributed by atoms with E-state index >= 15 is 0 Å². The van der Waals surface area contributed by atoms with E-state index in [0.717, 1.165) is 11.1 Å². The van der Waals surface area contributed by atoms with Crippen molar-refractivity contribution in [3.8, 4) is 0 Å². The Hall–Kier alpha value is -1.69. The van der Waals surface area contributed by atoms with Crippen molar-refractivity contribution in [1.29, 1.82) is 0 Å². The lowest BCUT2D eigenvalue weighted by molar-refractivity contribution is -0.0265. The molecule has 24 heavy (non-hydrogen) atoms. The Labute approximate surface area is 144 Å². The number of benzene rings is 2. The van der Waals surface area contributed by atoms with E-state index in [2.05, 4.69) is 0 Å². The van der Waals surface area contributed by atoms with Gasteiger partial charge in [-0.1, -0.05) is 42.5 Å². The molecule has 1 saturated heterocycles. The van der Waals surface area contributed by atoms with E-state index in [4.69, 9.17) is 4.74 Å². The predicted octanol–water partition coefficient (Wildman–Crippen LogP) is 3.02. The van der Waals surface area contributed by atoms with E-state index < -0.39 is 10.0 Å². The number of aryl methyl sites for hydroxylation is 1. The topological polar surface area (TPSA) is 46.6 Å². The SMILES string of the molecule is Cc1cccc(S(=O)(=O)N2CC(Cc3ccccc3)OCC2C)c1. The maximum atomic E-state index is 13.0. The molecule has 2 aromatic rings. The summed E-state index contributed by atoms with van der Waals surface area (Å²) in [5, 5.41) is 0. The second-order valence-corrected chi connectivity index (χ2v) is 8.28. The Bertz CT molecular complexity index is 789. The minimum absolute atomic E-state index is 0.122. The van der Waals surface area contributed by atoms with E-state index in [0.29, 0.717) is 24.5 Å². The van der Waals surface area contributed by atoms with Crippen molar-refractivity contribution < 1.29 is 13.2 Å². The largest absolute Gasteiger partial charge is 0.375 e. The molecule has 2 unspecified atom stereocenters. The van der Waals surface area contributed by atoms with Gasteiger partial charge in [0.15, 0.2) is 0 Å². The minimum Gasteiger partial charge on any atom is -0.375 e. The molecular weight excluding hydrogens is 322 g/mol. The number of hydrogen-bond donors (Lipinski definition) is 0. The predicted molar refractivity (Wildman–Crippen MR) is 94.4 cm³/mol. The van der Waals surface area contributed by atoms with Crippen LogP contribution in [0.2, 0.25) is 0 Å². The lowest BCUT2D eigenvalue weighted by Crippen LogP contribution is -2.51. The fraction of sp³-hybridized carbons (Fsp3) is 0.368. The lowest BCUT2D eigenvalue weighted by Gasteiger charge is -2.37. The van der Waals surface area contributed by atoms with Crippen LogP contribution in [0.1, 0.15) is 18.1 Å². The summed E-state index contributed by atoms with van der Waals surface area (Å²) in [5.41, 5.74) is 2.10. The molecule has 3 rings (SSSR count). The molecule has 1 aliphatic rings. The summed E-state index contributed by atoms with van der Waals surface area (Å²) in [6.07, 6.45) is 0.594. The van der Waals surface area contributed by atoms with E-state index in [1.807, 2.05) is 50.2 Å². The van der Waals surface area contributed by atoms with Gasteiger partial charge in [0.2, 0.25) is 10.0 Å². The molecule has 128 valence electrons. The summed E-state index contributed by atoms with van der Waals surface area (Å²) < 4.78 is 33.5. The molecule has 2 atom stereocenters. The third-order valence-electron chi connectivity index (χ3n) is 4.35. The molecule has 0 aliphatic carbocycles. The van der Waals surface area contributed by atoms with Gasteiger partial charge in [0.1, 0.15) is 0 Å². The fourth-order valence-electron chi connectivity index (χ4n) is 3.04. The first-order valence-electron chi connectivity index (χ1n) is 8.21. The Morgan fingerprint density at radius 3 is 2.58 bits per heavy atom. The Morgan fingerprint density at radius 1 is 1.12 bits per heavy atom. The van der Waals surface area contributed by atoms with Gasteiger partial charge in [-0.05, 0) is 43.5 Å². The first-order valence-corrected chi connectivity index (χ1v) is 9.65. The second kappa shape index (κ2) is 7.05. The quantitative estimate of drug-likeness (QED) is 0.856. The van der Waals surface area contributed by atoms with Gasteiger partial charge in [-0.25, -0.2) is 8.42 Å². The molecule has 1 aliphatic heterocycles. The van der Waals surface area contributed by atoms with Gasteiger partial charge in [0.05, 0.1) is 17.6 Å². The molecule has 2 aromatic carbocycles. The number of ether oxygens (including phenoxy) is 1. The van der Waals surface area contributed by atoms with Crippen LogP contribution in [-0.4, -0.2) is 38.0 Å². The van der Waals surface area contributed by atoms with Gasteiger partial charge in [0, 0.05) is 12.6 Å². The second-order valence-electron chi connectivity index (χ2n) is 6.39. The first-order chi connectivity index (χ1) is 11.5. The summed E-state index contributed by atoms with van der Waals surface area (Å²) in [7, 11) is -3.51. The normalized spacial score (nSPS) is 22.4. The van der Waals surface area contributed by atoms with Crippen molar-refractivity contribution in [3.63, 3.8) is 0 Å². The van der Waals surface area contributed by atoms with Crippen molar-refractivity contribution in [2.45, 2.75) is 37.3 Å². The summed E-state index contributed by atoms with van der Waals surface area (Å²) in [5.74, 6) is 0. The zero-order chi connectivity index (χ0) is 17.2. The van der Waals surface area contributed by atoms with Crippen molar-refractivity contribution >= 4 is 10.0 Å². The zero-order valence-corrected chi connectivity index (χ0v) is 14.9. The lowest BCUT2D eigenvalue weighted by atomic mass is 10.1. The molecule has 4 nitrogen and oxygen atoms in total. The molecule has 0 saturated carbocycles. The van der Waals surface area contributed by atoms with Gasteiger partial charge in [-0.3, -0.25) is 0 Å². The Morgan fingerprint density at radius 2 is 1.88 bits per heavy atom. The maximum Gasteiger partial charge on any atom is 0.243 e. The van der Waals surface area contributed by atoms with Crippen LogP contribution in [0, 0.1) is 6.92 Å². The highest BCUT2D eigenvalue weighted by atomic mass is 32.2. The smallest absolute Gasteiger partial charge is 0.243 e. The number of hydrogen-bond acceptors (Lipinski definition) is 3. The van der Waals surface area contributed by atoms with Crippen LogP contribution in [0.3, 0.4) is 0 Å². The molecular formula is C19H23NO3S. The van der Waals surface area contributed by atoms with Crippen LogP contribution in [0.4, 0.5) is 0 Å². The third-order valence-corrected chi connectivity index (χ3v) is 6.33. The number of nitrogens with zero attached hydrogens (tertiary/aromatic N) is 1. The molecule has 0 bridgehead atoms. The fourth-order valence-corrected chi connectivity index (χ4v) is 4.79. The van der Waals surface area contributed by atoms with E-state index in [1.165, 1.54) is 0 Å². The zero-order valence-electron chi connectivity index (χ0n) is 14.1. The van der Waals surface area contributed by atoms with Crippen LogP contribution in [-0.2, 0) is 21.2 Å². The van der Waals surface area contributed by atoms with Crippen LogP contribution >= 0.6 is 0 Å². The molecule has 5 heteroatoms. The Balaban J connectivity index is 1.81. The number of morpholine rings is 1. The summed E-state index contributed by atoms with van der Waals surface area (Å²) >= 11 is 0. The monoisotopic (exact) mass is 345 g/mol. The molecule has 0 N–H and O–H groups in total. The summed E-state index contributed by atoms with van der Waals surface area (Å²) in [6, 6.07) is 16.9. The standard InChI is InChI=1S/C19H23NO3S/c1-15-7-6-10-19(11-15)24(21,22)20-13-18(23-14-16(20)2)12-17-8-4-3-5-9-17/h3-11,16,18H,12-14H2,1-2H3. The van der Waals surface area contributed by atoms with Crippen molar-refractivity contribution in [1.82, 2.24) is 4.31 Å². The van der Waals surface area contributed by atoms with Crippen LogP contribution in [0.25, 0.3) is 0 Å². The third kappa shape index (κ3) is 3.69. The van der Waals surface area contributed by atoms with Crippen LogP contribution in [0.15, 0.2) is 59.5 Å². The van der Waals surface area contributed by atoms with Gasteiger partial charge >= 0.3 is 0 Å². The molecule has 0 spiro atoms. The van der Waals surface area contributed by atoms with Crippen LogP contribution < -0.4 is 0 Å². The van der Waals surface area contributed by atoms with E-state index in [1.54, 1.807) is 22.5 Å². The Kier molecular flexibility index (Phi) is 5.04. The van der Waals surface area contributed by atoms with E-state index in [-0.39, 0.29) is 12.1 Å². The minimum atomic E-state index is -3.51. The molecule has 0 aromatic heterocycles.